The molecule has 0 radical (unpaired) electrons. The minimum absolute atomic E-state index is 0.00451. The van der Waals surface area contributed by atoms with Gasteiger partial charge >= 0.3 is 0 Å². The average Bonchev–Trinajstić information content (AvgIpc) is 3.03. The molecule has 5 rings (SSSR count). The average molecular weight is 506 g/mol. The first-order chi connectivity index (χ1) is 16.9. The van der Waals surface area contributed by atoms with Gasteiger partial charge in [-0.05, 0) is 42.5 Å². The first kappa shape index (κ1) is 22.9. The van der Waals surface area contributed by atoms with E-state index in [9.17, 15) is 12.6 Å². The van der Waals surface area contributed by atoms with Crippen LogP contribution >= 0.6 is 0 Å². The van der Waals surface area contributed by atoms with Gasteiger partial charge in [-0.15, -0.1) is 0 Å². The molecule has 176 valence electrons. The van der Waals surface area contributed by atoms with E-state index >= 15 is 0 Å². The molecular weight excluding hydrogens is 486 g/mol. The number of ether oxygens (including phenoxy) is 2. The van der Waals surface area contributed by atoms with E-state index in [2.05, 4.69) is 9.97 Å². The number of rotatable bonds is 5. The Kier molecular flexibility index (Phi) is 5.91. The zero-order valence-corrected chi connectivity index (χ0v) is 20.3. The summed E-state index contributed by atoms with van der Waals surface area (Å²) in [4.78, 5) is 13.5. The number of methoxy groups -OCH3 is 2. The lowest BCUT2D eigenvalue weighted by Crippen LogP contribution is -2.08. The van der Waals surface area contributed by atoms with Gasteiger partial charge in [-0.25, -0.2) is 27.6 Å². The minimum Gasteiger partial charge on any atom is -0.497 e. The molecule has 2 heterocycles. The summed E-state index contributed by atoms with van der Waals surface area (Å²) in [7, 11) is -2.92. The van der Waals surface area contributed by atoms with Gasteiger partial charge in [-0.1, -0.05) is 30.3 Å². The van der Waals surface area contributed by atoms with Crippen molar-refractivity contribution in [2.45, 2.75) is 19.8 Å². The van der Waals surface area contributed by atoms with Crippen molar-refractivity contribution >= 4 is 32.0 Å². The SMILES string of the molecule is COc1ccc(S(=O)(=O)c2ncnc3c2N=C(c2ccccc2)c2cc(OC)ccc2S3=O)cc1. The van der Waals surface area contributed by atoms with Crippen LogP contribution in [0.3, 0.4) is 0 Å². The van der Waals surface area contributed by atoms with Gasteiger partial charge in [0.2, 0.25) is 9.84 Å². The second kappa shape index (κ2) is 9.05. The topological polar surface area (TPSA) is 108 Å². The van der Waals surface area contributed by atoms with Crippen molar-refractivity contribution in [3.05, 3.63) is 90.3 Å². The molecular formula is C25H19N3O5S2. The predicted molar refractivity (Wildman–Crippen MR) is 130 cm³/mol. The lowest BCUT2D eigenvalue weighted by atomic mass is 10.0. The van der Waals surface area contributed by atoms with Crippen molar-refractivity contribution in [2.24, 2.45) is 4.99 Å². The predicted octanol–water partition coefficient (Wildman–Crippen LogP) is 3.98. The molecule has 1 atom stereocenters. The highest BCUT2D eigenvalue weighted by Gasteiger charge is 2.32. The van der Waals surface area contributed by atoms with Gasteiger partial charge in [0.05, 0.1) is 29.7 Å². The molecule has 3 aromatic carbocycles. The largest absolute Gasteiger partial charge is 0.497 e. The Labute approximate surface area is 204 Å². The zero-order chi connectivity index (χ0) is 24.6. The lowest BCUT2D eigenvalue weighted by molar-refractivity contribution is 0.414. The molecule has 0 spiro atoms. The first-order valence-corrected chi connectivity index (χ1v) is 13.1. The van der Waals surface area contributed by atoms with Crippen LogP contribution in [-0.4, -0.2) is 42.5 Å². The van der Waals surface area contributed by atoms with E-state index in [0.717, 1.165) is 6.33 Å². The van der Waals surface area contributed by atoms with Crippen molar-refractivity contribution in [1.29, 1.82) is 0 Å². The Bertz CT molecular complexity index is 1590. The van der Waals surface area contributed by atoms with Gasteiger partial charge in [0.1, 0.15) is 34.3 Å². The Morgan fingerprint density at radius 3 is 2.20 bits per heavy atom. The summed E-state index contributed by atoms with van der Waals surface area (Å²) in [6.07, 6.45) is 1.10. The van der Waals surface area contributed by atoms with Gasteiger partial charge in [0, 0.05) is 11.1 Å². The van der Waals surface area contributed by atoms with Gasteiger partial charge in [0.25, 0.3) is 0 Å². The lowest BCUT2D eigenvalue weighted by Gasteiger charge is -2.11. The number of aliphatic imine (C=N–C) groups is 1. The number of sulfone groups is 1. The van der Waals surface area contributed by atoms with Crippen LogP contribution in [0.1, 0.15) is 11.1 Å². The van der Waals surface area contributed by atoms with E-state index < -0.39 is 20.6 Å². The van der Waals surface area contributed by atoms with Crippen molar-refractivity contribution < 1.29 is 22.1 Å². The van der Waals surface area contributed by atoms with Gasteiger partial charge in [0.15, 0.2) is 10.1 Å². The Hall–Kier alpha value is -3.89. The summed E-state index contributed by atoms with van der Waals surface area (Å²) >= 11 is 0. The third-order valence-corrected chi connectivity index (χ3v) is 8.57. The number of nitrogens with zero attached hydrogens (tertiary/aromatic N) is 3. The van der Waals surface area contributed by atoms with E-state index in [0.29, 0.717) is 33.2 Å². The van der Waals surface area contributed by atoms with Gasteiger partial charge in [-0.2, -0.15) is 0 Å². The van der Waals surface area contributed by atoms with Crippen LogP contribution in [0.25, 0.3) is 0 Å². The van der Waals surface area contributed by atoms with E-state index in [1.807, 2.05) is 30.3 Å². The zero-order valence-electron chi connectivity index (χ0n) is 18.7. The van der Waals surface area contributed by atoms with Crippen LogP contribution in [0, 0.1) is 0 Å². The van der Waals surface area contributed by atoms with Crippen LogP contribution in [0.15, 0.2) is 104 Å². The van der Waals surface area contributed by atoms with Crippen molar-refractivity contribution in [3.63, 3.8) is 0 Å². The van der Waals surface area contributed by atoms with Crippen LogP contribution in [-0.2, 0) is 20.6 Å². The monoisotopic (exact) mass is 505 g/mol. The van der Waals surface area contributed by atoms with Crippen LogP contribution in [0.5, 0.6) is 11.5 Å². The molecule has 35 heavy (non-hydrogen) atoms. The fourth-order valence-corrected chi connectivity index (χ4v) is 6.30. The molecule has 0 bridgehead atoms. The van der Waals surface area contributed by atoms with Crippen LogP contribution < -0.4 is 9.47 Å². The molecule has 0 saturated carbocycles. The molecule has 4 aromatic rings. The number of hydrogen-bond donors (Lipinski definition) is 0. The van der Waals surface area contributed by atoms with Gasteiger partial charge in [-0.3, -0.25) is 0 Å². The summed E-state index contributed by atoms with van der Waals surface area (Å²) < 4.78 is 51.5. The third kappa shape index (κ3) is 4.00. The maximum absolute atomic E-state index is 13.7. The quantitative estimate of drug-likeness (QED) is 0.333. The second-order valence-corrected chi connectivity index (χ2v) is 10.7. The normalized spacial score (nSPS) is 14.8. The van der Waals surface area contributed by atoms with E-state index in [4.69, 9.17) is 14.5 Å². The van der Waals surface area contributed by atoms with E-state index in [-0.39, 0.29) is 20.6 Å². The van der Waals surface area contributed by atoms with E-state index in [1.165, 1.54) is 26.4 Å². The molecule has 0 amide bonds. The number of fused-ring (bicyclic) bond motifs is 2. The molecule has 1 aromatic heterocycles. The number of hydrogen-bond acceptors (Lipinski definition) is 8. The third-order valence-electron chi connectivity index (χ3n) is 5.47. The summed E-state index contributed by atoms with van der Waals surface area (Å²) in [5, 5.41) is -0.307. The molecule has 10 heteroatoms. The molecule has 0 saturated heterocycles. The minimum atomic E-state index is -4.12. The molecule has 1 aliphatic heterocycles. The molecule has 1 unspecified atom stereocenters. The maximum Gasteiger partial charge on any atom is 0.226 e. The summed E-state index contributed by atoms with van der Waals surface area (Å²) in [5.74, 6) is 1.06. The standard InChI is InChI=1S/C25H19N3O5S2/c1-32-17-8-11-19(12-9-17)35(30,31)25-23-24(26-15-27-25)34(29)21-13-10-18(33-2)14-20(21)22(28-23)16-6-4-3-5-7-16/h3-15H,1-2H3. The second-order valence-electron chi connectivity index (χ2n) is 7.47. The van der Waals surface area contributed by atoms with Crippen molar-refractivity contribution in [1.82, 2.24) is 9.97 Å². The molecule has 0 N–H and O–H groups in total. The summed E-state index contributed by atoms with van der Waals surface area (Å²) in [6.45, 7) is 0. The molecule has 8 nitrogen and oxygen atoms in total. The Morgan fingerprint density at radius 1 is 0.829 bits per heavy atom. The highest BCUT2D eigenvalue weighted by atomic mass is 32.2. The fraction of sp³-hybridized carbons (Fsp3) is 0.0800. The summed E-state index contributed by atoms with van der Waals surface area (Å²) in [5.41, 5.74) is 1.64. The van der Waals surface area contributed by atoms with Gasteiger partial charge < -0.3 is 9.47 Å². The fourth-order valence-electron chi connectivity index (χ4n) is 3.72. The van der Waals surface area contributed by atoms with Crippen molar-refractivity contribution in [2.75, 3.05) is 14.2 Å². The molecule has 0 aliphatic carbocycles. The highest BCUT2D eigenvalue weighted by Crippen LogP contribution is 2.39. The highest BCUT2D eigenvalue weighted by molar-refractivity contribution is 7.91. The smallest absolute Gasteiger partial charge is 0.226 e. The van der Waals surface area contributed by atoms with Crippen LogP contribution in [0.2, 0.25) is 0 Å². The Balaban J connectivity index is 1.80. The molecule has 1 aliphatic rings. The van der Waals surface area contributed by atoms with Crippen molar-refractivity contribution in [3.8, 4) is 11.5 Å². The van der Waals surface area contributed by atoms with E-state index in [1.54, 1.807) is 30.3 Å². The number of aromatic nitrogens is 2. The van der Waals surface area contributed by atoms with Crippen LogP contribution in [0.4, 0.5) is 5.69 Å². The maximum atomic E-state index is 13.7. The summed E-state index contributed by atoms with van der Waals surface area (Å²) in [6, 6.07) is 20.3. The Morgan fingerprint density at radius 2 is 1.51 bits per heavy atom. The molecule has 0 fully saturated rings. The number of benzene rings is 3. The first-order valence-electron chi connectivity index (χ1n) is 10.4.